The second-order valence-electron chi connectivity index (χ2n) is 8.35. The van der Waals surface area contributed by atoms with Crippen molar-refractivity contribution in [3.05, 3.63) is 52.5 Å². The number of hydrogen-bond donors (Lipinski definition) is 1. The molecule has 0 unspecified atom stereocenters. The third kappa shape index (κ3) is 4.69. The summed E-state index contributed by atoms with van der Waals surface area (Å²) in [5.74, 6) is 1.19. The molecule has 170 valence electrons. The predicted molar refractivity (Wildman–Crippen MR) is 131 cm³/mol. The van der Waals surface area contributed by atoms with Gasteiger partial charge in [0, 0.05) is 25.0 Å². The number of anilines is 1. The lowest BCUT2D eigenvalue weighted by atomic mass is 9.92. The first kappa shape index (κ1) is 22.1. The maximum absolute atomic E-state index is 13.3. The van der Waals surface area contributed by atoms with E-state index < -0.39 is 0 Å². The van der Waals surface area contributed by atoms with Crippen molar-refractivity contribution >= 4 is 55.7 Å². The first-order valence-corrected chi connectivity index (χ1v) is 12.4. The van der Waals surface area contributed by atoms with E-state index in [1.807, 2.05) is 31.2 Å². The average molecular weight is 482 g/mol. The number of thiazole rings is 1. The van der Waals surface area contributed by atoms with E-state index in [0.717, 1.165) is 59.3 Å². The molecule has 1 N–H and O–H groups in total. The van der Waals surface area contributed by atoms with Crippen LogP contribution in [0.15, 0.2) is 36.1 Å². The largest absolute Gasteiger partial charge is 0.381 e. The van der Waals surface area contributed by atoms with Gasteiger partial charge in [-0.3, -0.25) is 4.79 Å². The number of pyridine rings is 1. The third-order valence-corrected chi connectivity index (χ3v) is 7.19. The molecular weight excluding hydrogens is 458 g/mol. The van der Waals surface area contributed by atoms with Crippen LogP contribution in [0.4, 0.5) is 5.82 Å². The van der Waals surface area contributed by atoms with Crippen LogP contribution in [0.1, 0.15) is 54.8 Å². The number of carbonyl (C=O) groups excluding carboxylic acids is 1. The molecule has 4 aromatic rings. The molecule has 0 radical (unpaired) electrons. The highest BCUT2D eigenvalue weighted by atomic mass is 35.5. The molecular formula is C24H24ClN5O2S. The first-order chi connectivity index (χ1) is 16.1. The molecule has 9 heteroatoms. The van der Waals surface area contributed by atoms with Crippen LogP contribution in [-0.4, -0.2) is 38.9 Å². The molecule has 1 atom stereocenters. The van der Waals surface area contributed by atoms with Crippen molar-refractivity contribution in [3.63, 3.8) is 0 Å². The number of rotatable bonds is 7. The second-order valence-corrected chi connectivity index (χ2v) is 9.59. The molecule has 1 aromatic carbocycles. The number of fused-ring (bicyclic) bond motifs is 2. The fourth-order valence-corrected chi connectivity index (χ4v) is 5.18. The monoisotopic (exact) mass is 481 g/mol. The Kier molecular flexibility index (Phi) is 6.48. The summed E-state index contributed by atoms with van der Waals surface area (Å²) in [6.07, 6.45) is 4.83. The molecule has 33 heavy (non-hydrogen) atoms. The van der Waals surface area contributed by atoms with Crippen LogP contribution < -0.4 is 5.32 Å². The van der Waals surface area contributed by atoms with Crippen molar-refractivity contribution < 1.29 is 9.53 Å². The van der Waals surface area contributed by atoms with E-state index in [1.54, 1.807) is 5.51 Å². The van der Waals surface area contributed by atoms with Crippen LogP contribution >= 0.6 is 22.9 Å². The van der Waals surface area contributed by atoms with E-state index in [-0.39, 0.29) is 11.8 Å². The smallest absolute Gasteiger partial charge is 0.181 e. The summed E-state index contributed by atoms with van der Waals surface area (Å²) < 4.78 is 5.44. The van der Waals surface area contributed by atoms with Crippen molar-refractivity contribution in [3.8, 4) is 0 Å². The van der Waals surface area contributed by atoms with Gasteiger partial charge >= 0.3 is 0 Å². The van der Waals surface area contributed by atoms with Crippen LogP contribution in [0.5, 0.6) is 0 Å². The number of carbonyl (C=O) groups is 1. The van der Waals surface area contributed by atoms with Gasteiger partial charge in [-0.05, 0) is 49.6 Å². The molecule has 1 saturated heterocycles. The summed E-state index contributed by atoms with van der Waals surface area (Å²) in [6.45, 7) is 3.55. The van der Waals surface area contributed by atoms with Crippen molar-refractivity contribution in [2.75, 3.05) is 18.5 Å². The Morgan fingerprint density at radius 2 is 2.12 bits per heavy atom. The molecule has 0 saturated carbocycles. The minimum absolute atomic E-state index is 0.0255. The zero-order valence-electron chi connectivity index (χ0n) is 18.3. The third-order valence-electron chi connectivity index (χ3n) is 6.14. The lowest BCUT2D eigenvalue weighted by Gasteiger charge is -2.21. The lowest BCUT2D eigenvalue weighted by Crippen LogP contribution is -2.17. The number of ether oxygens (including phenoxy) is 1. The van der Waals surface area contributed by atoms with E-state index >= 15 is 0 Å². The van der Waals surface area contributed by atoms with Crippen LogP contribution in [-0.2, 0) is 4.74 Å². The summed E-state index contributed by atoms with van der Waals surface area (Å²) in [5, 5.41) is 5.55. The highest BCUT2D eigenvalue weighted by Gasteiger charge is 2.21. The summed E-state index contributed by atoms with van der Waals surface area (Å²) in [4.78, 5) is 31.9. The zero-order chi connectivity index (χ0) is 22.8. The Labute approximate surface area is 200 Å². The number of hydrogen-bond acceptors (Lipinski definition) is 8. The molecule has 3 aromatic heterocycles. The van der Waals surface area contributed by atoms with Crippen LogP contribution in [0.2, 0.25) is 5.02 Å². The quantitative estimate of drug-likeness (QED) is 0.331. The Morgan fingerprint density at radius 3 is 2.97 bits per heavy atom. The molecule has 0 aliphatic carbocycles. The Balaban J connectivity index is 1.45. The van der Waals surface area contributed by atoms with Gasteiger partial charge in [0.05, 0.1) is 22.3 Å². The molecule has 0 bridgehead atoms. The minimum atomic E-state index is -0.199. The second kappa shape index (κ2) is 9.67. The summed E-state index contributed by atoms with van der Waals surface area (Å²) in [5.41, 5.74) is 3.67. The fraction of sp³-hybridized carbons (Fsp3) is 0.375. The predicted octanol–water partition coefficient (Wildman–Crippen LogP) is 5.85. The van der Waals surface area contributed by atoms with Gasteiger partial charge in [-0.25, -0.2) is 19.9 Å². The lowest BCUT2D eigenvalue weighted by molar-refractivity contribution is 0.0619. The number of halogens is 1. The topological polar surface area (TPSA) is 89.9 Å². The van der Waals surface area contributed by atoms with Gasteiger partial charge in [0.2, 0.25) is 0 Å². The van der Waals surface area contributed by atoms with Crippen molar-refractivity contribution in [1.82, 2.24) is 19.9 Å². The molecule has 0 spiro atoms. The molecule has 1 fully saturated rings. The molecule has 0 amide bonds. The molecule has 5 rings (SSSR count). The normalized spacial score (nSPS) is 15.7. The van der Waals surface area contributed by atoms with Gasteiger partial charge in [0.15, 0.2) is 11.6 Å². The zero-order valence-corrected chi connectivity index (χ0v) is 19.8. The Morgan fingerprint density at radius 1 is 1.27 bits per heavy atom. The number of benzene rings is 1. The van der Waals surface area contributed by atoms with Crippen molar-refractivity contribution in [1.29, 1.82) is 0 Å². The van der Waals surface area contributed by atoms with Gasteiger partial charge in [-0.1, -0.05) is 23.7 Å². The van der Waals surface area contributed by atoms with Crippen molar-refractivity contribution in [2.24, 2.45) is 5.92 Å². The standard InChI is InChI=1S/C24H24ClN5O2S/c1-14(29-23-22-24(27-12-26-23)33-13-28-22)18-11-16-3-2-4-17(25)20(16)21(30-18)19(31)6-5-15-7-9-32-10-8-15/h2-4,11-15H,5-10H2,1H3,(H,26,27,29)/t14-/m0/s1. The Bertz CT molecular complexity index is 1300. The van der Waals surface area contributed by atoms with Crippen LogP contribution in [0, 0.1) is 5.92 Å². The van der Waals surface area contributed by atoms with Crippen molar-refractivity contribution in [2.45, 2.75) is 38.6 Å². The summed E-state index contributed by atoms with van der Waals surface area (Å²) in [6, 6.07) is 7.45. The highest BCUT2D eigenvalue weighted by molar-refractivity contribution is 7.16. The highest BCUT2D eigenvalue weighted by Crippen LogP contribution is 2.31. The number of nitrogens with one attached hydrogen (secondary N) is 1. The molecule has 4 heterocycles. The van der Waals surface area contributed by atoms with E-state index in [9.17, 15) is 4.79 Å². The van der Waals surface area contributed by atoms with E-state index in [1.165, 1.54) is 17.7 Å². The van der Waals surface area contributed by atoms with E-state index in [0.29, 0.717) is 28.9 Å². The SMILES string of the molecule is C[C@H](Nc1ncnc2scnc12)c1cc2cccc(Cl)c2c(C(=O)CCC2CCOCC2)n1. The minimum Gasteiger partial charge on any atom is -0.381 e. The molecule has 7 nitrogen and oxygen atoms in total. The summed E-state index contributed by atoms with van der Waals surface area (Å²) >= 11 is 7.99. The van der Waals surface area contributed by atoms with Crippen LogP contribution in [0.3, 0.4) is 0 Å². The molecule has 1 aliphatic rings. The van der Waals surface area contributed by atoms with Gasteiger partial charge in [0.25, 0.3) is 0 Å². The average Bonchev–Trinajstić information content (AvgIpc) is 3.33. The summed E-state index contributed by atoms with van der Waals surface area (Å²) in [7, 11) is 0. The number of nitrogens with zero attached hydrogens (tertiary/aromatic N) is 4. The maximum atomic E-state index is 13.3. The van der Waals surface area contributed by atoms with Gasteiger partial charge in [-0.2, -0.15) is 0 Å². The number of ketones is 1. The van der Waals surface area contributed by atoms with E-state index in [2.05, 4.69) is 20.3 Å². The maximum Gasteiger partial charge on any atom is 0.181 e. The number of Topliss-reactive ketones (excluding diaryl/α,β-unsaturated/α-hetero) is 1. The van der Waals surface area contributed by atoms with E-state index in [4.69, 9.17) is 21.3 Å². The van der Waals surface area contributed by atoms with Gasteiger partial charge in [-0.15, -0.1) is 11.3 Å². The fourth-order valence-electron chi connectivity index (χ4n) is 4.28. The van der Waals surface area contributed by atoms with Gasteiger partial charge < -0.3 is 10.1 Å². The van der Waals surface area contributed by atoms with Crippen LogP contribution in [0.25, 0.3) is 21.1 Å². The number of aromatic nitrogens is 4. The van der Waals surface area contributed by atoms with Gasteiger partial charge in [0.1, 0.15) is 22.4 Å². The Hall–Kier alpha value is -2.68. The first-order valence-electron chi connectivity index (χ1n) is 11.1. The molecule has 1 aliphatic heterocycles.